The van der Waals surface area contributed by atoms with E-state index in [1.54, 1.807) is 0 Å². The zero-order valence-corrected chi connectivity index (χ0v) is 18.5. The van der Waals surface area contributed by atoms with Crippen LogP contribution in [0.4, 0.5) is 0 Å². The third kappa shape index (κ3) is 10.1. The van der Waals surface area contributed by atoms with Gasteiger partial charge in [0.25, 0.3) is 0 Å². The molecule has 2 rings (SSSR count). The molecule has 1 aliphatic rings. The smallest absolute Gasteiger partial charge is 0.0799 e. The van der Waals surface area contributed by atoms with Crippen molar-refractivity contribution in [1.82, 2.24) is 14.7 Å². The minimum absolute atomic E-state index is 0.854. The Balaban J connectivity index is -0.000000484. The van der Waals surface area contributed by atoms with E-state index >= 15 is 0 Å². The second-order valence-electron chi connectivity index (χ2n) is 4.38. The maximum absolute atomic E-state index is 5.36. The van der Waals surface area contributed by atoms with Gasteiger partial charge in [-0.15, -0.1) is 0 Å². The topological polar surface area (TPSA) is 30.3 Å². The van der Waals surface area contributed by atoms with E-state index in [1.807, 2.05) is 67.1 Å². The molecular formula is C20H45N3O. The van der Waals surface area contributed by atoms with Gasteiger partial charge in [-0.05, 0) is 18.9 Å². The normalized spacial score (nSPS) is 13.0. The summed E-state index contributed by atoms with van der Waals surface area (Å²) >= 11 is 0. The van der Waals surface area contributed by atoms with Gasteiger partial charge in [0.1, 0.15) is 0 Å². The van der Waals surface area contributed by atoms with Gasteiger partial charge in [-0.3, -0.25) is 9.58 Å². The minimum Gasteiger partial charge on any atom is -0.379 e. The first-order valence-electron chi connectivity index (χ1n) is 10.0. The van der Waals surface area contributed by atoms with Gasteiger partial charge in [-0.25, -0.2) is 0 Å². The number of nitrogens with zero attached hydrogens (tertiary/aromatic N) is 3. The van der Waals surface area contributed by atoms with Crippen molar-refractivity contribution >= 4 is 0 Å². The lowest BCUT2D eigenvalue weighted by molar-refractivity contribution is 0.0335. The number of aryl methyl sites for hydroxylation is 1. The van der Waals surface area contributed by atoms with Gasteiger partial charge in [-0.2, -0.15) is 5.10 Å². The molecular weight excluding hydrogens is 298 g/mol. The van der Waals surface area contributed by atoms with Crippen molar-refractivity contribution in [2.45, 2.75) is 82.2 Å². The van der Waals surface area contributed by atoms with E-state index in [1.165, 1.54) is 17.0 Å². The van der Waals surface area contributed by atoms with E-state index in [2.05, 4.69) is 23.8 Å². The fraction of sp³-hybridized carbons (Fsp3) is 0.850. The van der Waals surface area contributed by atoms with Crippen molar-refractivity contribution in [3.05, 3.63) is 17.0 Å². The van der Waals surface area contributed by atoms with E-state index in [0.29, 0.717) is 0 Å². The predicted molar refractivity (Wildman–Crippen MR) is 109 cm³/mol. The van der Waals surface area contributed by atoms with E-state index < -0.39 is 0 Å². The average molecular weight is 344 g/mol. The lowest BCUT2D eigenvalue weighted by Crippen LogP contribution is -2.36. The summed E-state index contributed by atoms with van der Waals surface area (Å²) in [4.78, 5) is 2.42. The van der Waals surface area contributed by atoms with E-state index in [4.69, 9.17) is 4.74 Å². The van der Waals surface area contributed by atoms with Crippen molar-refractivity contribution in [1.29, 1.82) is 0 Å². The van der Waals surface area contributed by atoms with Gasteiger partial charge in [0, 0.05) is 32.4 Å². The summed E-state index contributed by atoms with van der Waals surface area (Å²) in [6.07, 6.45) is 1.07. The molecule has 0 unspecified atom stereocenters. The summed E-state index contributed by atoms with van der Waals surface area (Å²) in [5.74, 6) is 0. The largest absolute Gasteiger partial charge is 0.379 e. The standard InChI is InChI=1S/C12H21N3O.4C2H6/c1-4-11-10(2)14(3)13-12(11)9-15-5-7-16-8-6-15;4*1-2/h4-9H2,1-3H3;4*1-2H3. The van der Waals surface area contributed by atoms with E-state index in [0.717, 1.165) is 39.3 Å². The molecule has 0 saturated carbocycles. The van der Waals surface area contributed by atoms with Gasteiger partial charge >= 0.3 is 0 Å². The van der Waals surface area contributed by atoms with Crippen LogP contribution >= 0.6 is 0 Å². The SMILES string of the molecule is CC.CC.CC.CC.CCc1c(CN2CCOCC2)nn(C)c1C. The fourth-order valence-electron chi connectivity index (χ4n) is 2.28. The highest BCUT2D eigenvalue weighted by atomic mass is 16.5. The lowest BCUT2D eigenvalue weighted by atomic mass is 10.1. The van der Waals surface area contributed by atoms with E-state index in [9.17, 15) is 0 Å². The molecule has 1 aromatic rings. The van der Waals surface area contributed by atoms with Crippen LogP contribution in [0, 0.1) is 6.92 Å². The zero-order chi connectivity index (χ0) is 19.5. The summed E-state index contributed by atoms with van der Waals surface area (Å²) in [7, 11) is 2.03. The summed E-state index contributed by atoms with van der Waals surface area (Å²) in [5.41, 5.74) is 3.95. The second kappa shape index (κ2) is 20.2. The van der Waals surface area contributed by atoms with Crippen LogP contribution in [0.15, 0.2) is 0 Å². The van der Waals surface area contributed by atoms with Crippen LogP contribution in [0.25, 0.3) is 0 Å². The predicted octanol–water partition coefficient (Wildman–Crippen LogP) is 5.23. The Bertz CT molecular complexity index is 356. The highest BCUT2D eigenvalue weighted by molar-refractivity contribution is 5.25. The van der Waals surface area contributed by atoms with Crippen molar-refractivity contribution in [2.75, 3.05) is 26.3 Å². The third-order valence-electron chi connectivity index (χ3n) is 3.37. The summed E-state index contributed by atoms with van der Waals surface area (Å²) in [5, 5.41) is 4.61. The highest BCUT2D eigenvalue weighted by Gasteiger charge is 2.16. The monoisotopic (exact) mass is 343 g/mol. The van der Waals surface area contributed by atoms with Crippen LogP contribution in [-0.2, 0) is 24.8 Å². The number of aromatic nitrogens is 2. The Hall–Kier alpha value is -0.870. The number of rotatable bonds is 3. The van der Waals surface area contributed by atoms with Crippen LogP contribution in [0.5, 0.6) is 0 Å². The minimum atomic E-state index is 0.854. The number of hydrogen-bond acceptors (Lipinski definition) is 3. The molecule has 0 amide bonds. The summed E-state index contributed by atoms with van der Waals surface area (Å²) in [6, 6.07) is 0. The van der Waals surface area contributed by atoms with Crippen LogP contribution in [0.2, 0.25) is 0 Å². The second-order valence-corrected chi connectivity index (χ2v) is 4.38. The molecule has 0 atom stereocenters. The lowest BCUT2D eigenvalue weighted by Gasteiger charge is -2.26. The molecule has 1 fully saturated rings. The first-order valence-corrected chi connectivity index (χ1v) is 10.0. The maximum Gasteiger partial charge on any atom is 0.0799 e. The number of hydrogen-bond donors (Lipinski definition) is 0. The zero-order valence-electron chi connectivity index (χ0n) is 18.5. The maximum atomic E-state index is 5.36. The first-order chi connectivity index (χ1) is 11.7. The van der Waals surface area contributed by atoms with Crippen LogP contribution < -0.4 is 0 Å². The van der Waals surface area contributed by atoms with Gasteiger partial charge < -0.3 is 4.74 Å². The number of ether oxygens (including phenoxy) is 1. The molecule has 146 valence electrons. The average Bonchev–Trinajstić information content (AvgIpc) is 2.95. The van der Waals surface area contributed by atoms with Gasteiger partial charge in [0.2, 0.25) is 0 Å². The molecule has 0 N–H and O–H groups in total. The van der Waals surface area contributed by atoms with Crippen molar-refractivity contribution in [2.24, 2.45) is 7.05 Å². The Morgan fingerprint density at radius 2 is 1.38 bits per heavy atom. The van der Waals surface area contributed by atoms with Gasteiger partial charge in [0.15, 0.2) is 0 Å². The summed E-state index contributed by atoms with van der Waals surface area (Å²) < 4.78 is 7.35. The Kier molecular flexibility index (Phi) is 23.5. The third-order valence-corrected chi connectivity index (χ3v) is 3.37. The highest BCUT2D eigenvalue weighted by Crippen LogP contribution is 2.16. The molecule has 4 heteroatoms. The molecule has 2 heterocycles. The molecule has 24 heavy (non-hydrogen) atoms. The molecule has 4 nitrogen and oxygen atoms in total. The van der Waals surface area contributed by atoms with E-state index in [-0.39, 0.29) is 0 Å². The molecule has 0 bridgehead atoms. The molecule has 1 aliphatic heterocycles. The quantitative estimate of drug-likeness (QED) is 0.753. The number of morpholine rings is 1. The van der Waals surface area contributed by atoms with Crippen LogP contribution in [0.1, 0.15) is 79.3 Å². The Morgan fingerprint density at radius 1 is 0.917 bits per heavy atom. The van der Waals surface area contributed by atoms with Crippen molar-refractivity contribution < 1.29 is 4.74 Å². The first kappa shape index (κ1) is 28.0. The van der Waals surface area contributed by atoms with Crippen molar-refractivity contribution in [3.63, 3.8) is 0 Å². The van der Waals surface area contributed by atoms with Gasteiger partial charge in [0.05, 0.1) is 18.9 Å². The molecule has 0 aliphatic carbocycles. The molecule has 0 spiro atoms. The Morgan fingerprint density at radius 3 is 1.79 bits per heavy atom. The molecule has 1 aromatic heterocycles. The van der Waals surface area contributed by atoms with Crippen molar-refractivity contribution in [3.8, 4) is 0 Å². The molecule has 0 aromatic carbocycles. The van der Waals surface area contributed by atoms with Crippen LogP contribution in [-0.4, -0.2) is 41.0 Å². The van der Waals surface area contributed by atoms with Gasteiger partial charge in [-0.1, -0.05) is 62.3 Å². The molecule has 0 radical (unpaired) electrons. The summed E-state index contributed by atoms with van der Waals surface area (Å²) in [6.45, 7) is 25.1. The Labute approximate surface area is 152 Å². The molecule has 1 saturated heterocycles. The fourth-order valence-corrected chi connectivity index (χ4v) is 2.28. The van der Waals surface area contributed by atoms with Crippen LogP contribution in [0.3, 0.4) is 0 Å².